The van der Waals surface area contributed by atoms with Gasteiger partial charge < -0.3 is 9.55 Å². The van der Waals surface area contributed by atoms with Crippen molar-refractivity contribution in [3.63, 3.8) is 0 Å². The molecule has 9 nitrogen and oxygen atoms in total. The van der Waals surface area contributed by atoms with Crippen molar-refractivity contribution in [2.45, 2.75) is 6.92 Å². The molecular weight excluding hydrogens is 406 g/mol. The number of fused-ring (bicyclic) bond motifs is 1. The van der Waals surface area contributed by atoms with Crippen LogP contribution in [0.2, 0.25) is 5.02 Å². The summed E-state index contributed by atoms with van der Waals surface area (Å²) in [5.74, 6) is -0.235. The first-order chi connectivity index (χ1) is 13.0. The van der Waals surface area contributed by atoms with E-state index in [0.717, 1.165) is 16.6 Å². The minimum Gasteiger partial charge on any atom is -0.350 e. The average Bonchev–Trinajstić information content (AvgIpc) is 3.14. The molecule has 0 aliphatic heterocycles. The molecule has 2 aromatic heterocycles. The molecule has 0 unspecified atom stereocenters. The van der Waals surface area contributed by atoms with Crippen LogP contribution < -0.4 is 10.9 Å². The number of aryl methyl sites for hydroxylation is 1. The summed E-state index contributed by atoms with van der Waals surface area (Å²) in [7, 11) is -1.80. The number of aromatic nitrogens is 2. The van der Waals surface area contributed by atoms with Crippen LogP contribution in [0.15, 0.2) is 36.4 Å². The van der Waals surface area contributed by atoms with Crippen molar-refractivity contribution in [3.8, 4) is 0 Å². The van der Waals surface area contributed by atoms with E-state index in [1.165, 1.54) is 0 Å². The van der Waals surface area contributed by atoms with Crippen LogP contribution in [0, 0.1) is 12.3 Å². The minimum absolute atomic E-state index is 0.119. The Hall–Kier alpha value is -2.82. The lowest BCUT2D eigenvalue weighted by atomic mass is 10.2. The molecule has 5 N–H and O–H groups in total. The second-order valence-electron chi connectivity index (χ2n) is 6.02. The molecular formula is C17H20ClN5O4S. The lowest BCUT2D eigenvalue weighted by Gasteiger charge is -2.10. The van der Waals surface area contributed by atoms with Crippen LogP contribution >= 0.6 is 11.6 Å². The van der Waals surface area contributed by atoms with Crippen molar-refractivity contribution in [2.24, 2.45) is 7.05 Å². The van der Waals surface area contributed by atoms with Gasteiger partial charge in [-0.1, -0.05) is 11.6 Å². The Morgan fingerprint density at radius 3 is 2.43 bits per heavy atom. The van der Waals surface area contributed by atoms with E-state index in [1.54, 1.807) is 18.2 Å². The van der Waals surface area contributed by atoms with Crippen LogP contribution in [0.3, 0.4) is 0 Å². The number of hydrogen-bond donors (Lipinski definition) is 5. The van der Waals surface area contributed by atoms with Crippen molar-refractivity contribution < 1.29 is 17.8 Å². The number of carbonyl (C=O) groups excluding carboxylic acids is 1. The molecule has 0 spiro atoms. The standard InChI is InChI=1S/C16H16ClN5O.CH4O3S/c1-9-3-6-14(22(9)2)15(18)20-21-16(23)13-8-10-7-11(17)4-5-12(10)19-13;1-5(2,3)4/h3-8,19H,1-2H3,(H2,18,20)(H,21,23);1H3,(H,2,3,4). The monoisotopic (exact) mass is 425 g/mol. The van der Waals surface area contributed by atoms with E-state index in [4.69, 9.17) is 21.6 Å². The molecule has 0 atom stereocenters. The fourth-order valence-electron chi connectivity index (χ4n) is 2.34. The molecule has 0 fully saturated rings. The van der Waals surface area contributed by atoms with Gasteiger partial charge in [-0.15, -0.1) is 0 Å². The summed E-state index contributed by atoms with van der Waals surface area (Å²) in [5.41, 5.74) is 8.08. The molecule has 3 rings (SSSR count). The number of amidine groups is 1. The molecule has 2 heterocycles. The first kappa shape index (κ1) is 21.5. The Kier molecular flexibility index (Phi) is 6.49. The highest BCUT2D eigenvalue weighted by molar-refractivity contribution is 7.85. The Morgan fingerprint density at radius 2 is 1.86 bits per heavy atom. The maximum Gasteiger partial charge on any atom is 0.286 e. The van der Waals surface area contributed by atoms with E-state index in [1.807, 2.05) is 36.7 Å². The fourth-order valence-corrected chi connectivity index (χ4v) is 2.52. The first-order valence-electron chi connectivity index (χ1n) is 7.94. The second kappa shape index (κ2) is 8.46. The molecule has 0 saturated carbocycles. The van der Waals surface area contributed by atoms with Crippen LogP contribution in [-0.2, 0) is 17.2 Å². The average molecular weight is 426 g/mol. The molecule has 1 aromatic carbocycles. The topological polar surface area (TPSA) is 140 Å². The first-order valence-corrected chi connectivity index (χ1v) is 10.2. The number of amides is 1. The van der Waals surface area contributed by atoms with Gasteiger partial charge in [-0.2, -0.15) is 8.42 Å². The maximum atomic E-state index is 12.2. The van der Waals surface area contributed by atoms with Crippen molar-refractivity contribution >= 4 is 44.4 Å². The Labute approximate surface area is 166 Å². The van der Waals surface area contributed by atoms with Crippen LogP contribution in [-0.4, -0.2) is 40.5 Å². The number of rotatable bonds is 2. The number of carbonyl (C=O) groups is 1. The molecule has 0 aliphatic rings. The molecule has 0 aliphatic carbocycles. The Morgan fingerprint density at radius 1 is 1.21 bits per heavy atom. The Balaban J connectivity index is 0.000000500. The van der Waals surface area contributed by atoms with Gasteiger partial charge in [0.25, 0.3) is 16.0 Å². The third-order valence-corrected chi connectivity index (χ3v) is 3.99. The van der Waals surface area contributed by atoms with Crippen LogP contribution in [0.1, 0.15) is 21.9 Å². The zero-order valence-electron chi connectivity index (χ0n) is 15.4. The number of hydrazine groups is 1. The summed E-state index contributed by atoms with van der Waals surface area (Å²) in [6.07, 6.45) is 0.715. The maximum absolute atomic E-state index is 12.2. The van der Waals surface area contributed by atoms with Gasteiger partial charge in [0.1, 0.15) is 5.69 Å². The zero-order chi connectivity index (χ0) is 21.1. The molecule has 0 radical (unpaired) electrons. The highest BCUT2D eigenvalue weighted by atomic mass is 35.5. The van der Waals surface area contributed by atoms with E-state index in [9.17, 15) is 13.2 Å². The predicted molar refractivity (Wildman–Crippen MR) is 108 cm³/mol. The van der Waals surface area contributed by atoms with E-state index < -0.39 is 10.1 Å². The van der Waals surface area contributed by atoms with Crippen LogP contribution in [0.5, 0.6) is 0 Å². The van der Waals surface area contributed by atoms with Crippen molar-refractivity contribution in [1.29, 1.82) is 5.41 Å². The number of nitrogens with one attached hydrogen (secondary N) is 4. The summed E-state index contributed by atoms with van der Waals surface area (Å²) >= 11 is 5.94. The normalized spacial score (nSPS) is 10.9. The van der Waals surface area contributed by atoms with E-state index in [0.29, 0.717) is 22.7 Å². The van der Waals surface area contributed by atoms with E-state index in [-0.39, 0.29) is 11.7 Å². The van der Waals surface area contributed by atoms with Crippen molar-refractivity contribution in [1.82, 2.24) is 20.4 Å². The summed E-state index contributed by atoms with van der Waals surface area (Å²) < 4.78 is 27.7. The molecule has 11 heteroatoms. The van der Waals surface area contributed by atoms with Gasteiger partial charge in [0, 0.05) is 28.7 Å². The van der Waals surface area contributed by atoms with Gasteiger partial charge in [-0.05, 0) is 43.3 Å². The number of aromatic amines is 1. The van der Waals surface area contributed by atoms with Gasteiger partial charge in [0.15, 0.2) is 5.84 Å². The predicted octanol–water partition coefficient (Wildman–Crippen LogP) is 2.23. The van der Waals surface area contributed by atoms with Gasteiger partial charge in [0.05, 0.1) is 11.9 Å². The molecule has 0 bridgehead atoms. The van der Waals surface area contributed by atoms with Crippen molar-refractivity contribution in [3.05, 3.63) is 58.5 Å². The second-order valence-corrected chi connectivity index (χ2v) is 7.92. The highest BCUT2D eigenvalue weighted by Gasteiger charge is 2.12. The summed E-state index contributed by atoms with van der Waals surface area (Å²) in [6, 6.07) is 10.8. The lowest BCUT2D eigenvalue weighted by molar-refractivity contribution is 0.0939. The fraction of sp³-hybridized carbons (Fsp3) is 0.176. The SMILES string of the molecule is CS(=O)(=O)O.Cc1ccc(C(=N)NNC(=O)c2cc3cc(Cl)ccc3[nH]2)n1C. The third kappa shape index (κ3) is 5.84. The van der Waals surface area contributed by atoms with Crippen LogP contribution in [0.4, 0.5) is 0 Å². The van der Waals surface area contributed by atoms with Gasteiger partial charge in [-0.25, -0.2) is 0 Å². The summed E-state index contributed by atoms with van der Waals surface area (Å²) in [4.78, 5) is 15.2. The molecule has 1 amide bonds. The largest absolute Gasteiger partial charge is 0.350 e. The Bertz CT molecular complexity index is 1130. The number of halogens is 1. The highest BCUT2D eigenvalue weighted by Crippen LogP contribution is 2.19. The van der Waals surface area contributed by atoms with E-state index in [2.05, 4.69) is 15.8 Å². The quantitative estimate of drug-likeness (QED) is 0.185. The third-order valence-electron chi connectivity index (χ3n) is 3.76. The van der Waals surface area contributed by atoms with Gasteiger partial charge in [0.2, 0.25) is 0 Å². The minimum atomic E-state index is -3.67. The molecule has 3 aromatic rings. The summed E-state index contributed by atoms with van der Waals surface area (Å²) in [5, 5.41) is 9.47. The lowest BCUT2D eigenvalue weighted by Crippen LogP contribution is -2.42. The smallest absolute Gasteiger partial charge is 0.286 e. The number of H-pyrrole nitrogens is 1. The van der Waals surface area contributed by atoms with E-state index >= 15 is 0 Å². The molecule has 150 valence electrons. The van der Waals surface area contributed by atoms with Crippen molar-refractivity contribution in [2.75, 3.05) is 6.26 Å². The molecule has 28 heavy (non-hydrogen) atoms. The van der Waals surface area contributed by atoms with Gasteiger partial charge in [-0.3, -0.25) is 25.6 Å². The van der Waals surface area contributed by atoms with Gasteiger partial charge >= 0.3 is 0 Å². The number of nitrogens with zero attached hydrogens (tertiary/aromatic N) is 1. The summed E-state index contributed by atoms with van der Waals surface area (Å²) in [6.45, 7) is 1.95. The van der Waals surface area contributed by atoms with Crippen LogP contribution in [0.25, 0.3) is 10.9 Å². The number of hydrogen-bond acceptors (Lipinski definition) is 4. The molecule has 0 saturated heterocycles. The zero-order valence-corrected chi connectivity index (χ0v) is 16.9. The number of benzene rings is 1.